The van der Waals surface area contributed by atoms with Crippen LogP contribution in [-0.4, -0.2) is 29.1 Å². The van der Waals surface area contributed by atoms with Gasteiger partial charge in [-0.1, -0.05) is 18.2 Å². The van der Waals surface area contributed by atoms with Gasteiger partial charge in [-0.3, -0.25) is 4.90 Å². The Hall–Kier alpha value is -1.35. The van der Waals surface area contributed by atoms with E-state index >= 15 is 0 Å². The molecule has 1 aromatic rings. The maximum Gasteiger partial charge on any atom is 0.336 e. The van der Waals surface area contributed by atoms with Crippen molar-refractivity contribution >= 4 is 5.97 Å². The van der Waals surface area contributed by atoms with Crippen molar-refractivity contribution in [3.63, 3.8) is 0 Å². The normalized spacial score (nSPS) is 11.0. The van der Waals surface area contributed by atoms with Gasteiger partial charge in [0.1, 0.15) is 0 Å². The minimum atomic E-state index is -0.859. The number of rotatable bonds is 4. The summed E-state index contributed by atoms with van der Waals surface area (Å²) in [5.74, 6) is -0.859. The highest BCUT2D eigenvalue weighted by atomic mass is 16.4. The SMILES string of the molecule is CC(C)N(C)Cc1ccccc1C(=O)O. The molecule has 0 aliphatic heterocycles. The summed E-state index contributed by atoms with van der Waals surface area (Å²) in [4.78, 5) is 13.1. The highest BCUT2D eigenvalue weighted by Crippen LogP contribution is 2.12. The lowest BCUT2D eigenvalue weighted by Crippen LogP contribution is -2.26. The van der Waals surface area contributed by atoms with Crippen LogP contribution in [0, 0.1) is 0 Å². The number of nitrogens with zero attached hydrogens (tertiary/aromatic N) is 1. The van der Waals surface area contributed by atoms with Gasteiger partial charge in [0, 0.05) is 12.6 Å². The van der Waals surface area contributed by atoms with E-state index in [1.807, 2.05) is 19.2 Å². The Morgan fingerprint density at radius 1 is 1.40 bits per heavy atom. The largest absolute Gasteiger partial charge is 0.478 e. The molecule has 1 aromatic carbocycles. The maximum atomic E-state index is 11.0. The predicted molar refractivity (Wildman–Crippen MR) is 60.0 cm³/mol. The van der Waals surface area contributed by atoms with Gasteiger partial charge in [-0.15, -0.1) is 0 Å². The Kier molecular flexibility index (Phi) is 3.86. The van der Waals surface area contributed by atoms with Gasteiger partial charge in [-0.25, -0.2) is 4.79 Å². The van der Waals surface area contributed by atoms with Crippen LogP contribution in [0.25, 0.3) is 0 Å². The lowest BCUT2D eigenvalue weighted by molar-refractivity contribution is 0.0694. The molecule has 0 heterocycles. The lowest BCUT2D eigenvalue weighted by atomic mass is 10.1. The zero-order chi connectivity index (χ0) is 11.4. The summed E-state index contributed by atoms with van der Waals surface area (Å²) < 4.78 is 0. The molecule has 82 valence electrons. The summed E-state index contributed by atoms with van der Waals surface area (Å²) in [7, 11) is 1.99. The van der Waals surface area contributed by atoms with Gasteiger partial charge < -0.3 is 5.11 Å². The molecular weight excluding hydrogens is 190 g/mol. The van der Waals surface area contributed by atoms with Gasteiger partial charge in [0.05, 0.1) is 5.56 Å². The molecule has 0 atom stereocenters. The van der Waals surface area contributed by atoms with Crippen LogP contribution in [0.1, 0.15) is 29.8 Å². The molecule has 0 amide bonds. The first-order valence-corrected chi connectivity index (χ1v) is 5.03. The summed E-state index contributed by atoms with van der Waals surface area (Å²) >= 11 is 0. The van der Waals surface area contributed by atoms with Gasteiger partial charge in [-0.2, -0.15) is 0 Å². The molecule has 0 saturated heterocycles. The van der Waals surface area contributed by atoms with Crippen molar-refractivity contribution in [1.29, 1.82) is 0 Å². The second-order valence-corrected chi connectivity index (χ2v) is 3.97. The number of aromatic carboxylic acids is 1. The molecule has 0 aliphatic carbocycles. The Bertz CT molecular complexity index is 347. The minimum Gasteiger partial charge on any atom is -0.478 e. The number of hydrogen-bond acceptors (Lipinski definition) is 2. The third-order valence-electron chi connectivity index (χ3n) is 2.55. The summed E-state index contributed by atoms with van der Waals surface area (Å²) in [6.07, 6.45) is 0. The fourth-order valence-corrected chi connectivity index (χ4v) is 1.32. The molecular formula is C12H17NO2. The second-order valence-electron chi connectivity index (χ2n) is 3.97. The molecule has 0 saturated carbocycles. The zero-order valence-corrected chi connectivity index (χ0v) is 9.40. The number of carbonyl (C=O) groups is 1. The summed E-state index contributed by atoms with van der Waals surface area (Å²) in [5, 5.41) is 9.00. The fourth-order valence-electron chi connectivity index (χ4n) is 1.32. The van der Waals surface area contributed by atoms with Gasteiger partial charge >= 0.3 is 5.97 Å². The monoisotopic (exact) mass is 207 g/mol. The van der Waals surface area contributed by atoms with Crippen molar-refractivity contribution in [2.24, 2.45) is 0 Å². The molecule has 0 radical (unpaired) electrons. The minimum absolute atomic E-state index is 0.394. The third kappa shape index (κ3) is 3.06. The predicted octanol–water partition coefficient (Wildman–Crippen LogP) is 2.23. The lowest BCUT2D eigenvalue weighted by Gasteiger charge is -2.21. The quantitative estimate of drug-likeness (QED) is 0.823. The number of carboxylic acid groups (broad SMARTS) is 1. The molecule has 0 aromatic heterocycles. The van der Waals surface area contributed by atoms with Crippen molar-refractivity contribution in [3.8, 4) is 0 Å². The van der Waals surface area contributed by atoms with Crippen LogP contribution in [0.2, 0.25) is 0 Å². The first kappa shape index (κ1) is 11.7. The first-order valence-electron chi connectivity index (χ1n) is 5.03. The Balaban J connectivity index is 2.89. The van der Waals surface area contributed by atoms with E-state index in [1.54, 1.807) is 12.1 Å². The van der Waals surface area contributed by atoms with Gasteiger partial charge in [-0.05, 0) is 32.5 Å². The number of benzene rings is 1. The molecule has 15 heavy (non-hydrogen) atoms. The van der Waals surface area contributed by atoms with Crippen LogP contribution in [-0.2, 0) is 6.54 Å². The summed E-state index contributed by atoms with van der Waals surface area (Å²) in [6, 6.07) is 7.54. The van der Waals surface area contributed by atoms with Crippen LogP contribution in [0.4, 0.5) is 0 Å². The van der Waals surface area contributed by atoms with E-state index in [9.17, 15) is 4.79 Å². The first-order chi connectivity index (χ1) is 7.02. The Morgan fingerprint density at radius 3 is 2.53 bits per heavy atom. The van der Waals surface area contributed by atoms with Gasteiger partial charge in [0.2, 0.25) is 0 Å². The van der Waals surface area contributed by atoms with Crippen molar-refractivity contribution in [2.75, 3.05) is 7.05 Å². The van der Waals surface area contributed by atoms with Crippen LogP contribution in [0.15, 0.2) is 24.3 Å². The molecule has 0 fully saturated rings. The van der Waals surface area contributed by atoms with Gasteiger partial charge in [0.25, 0.3) is 0 Å². The fraction of sp³-hybridized carbons (Fsp3) is 0.417. The molecule has 0 unspecified atom stereocenters. The van der Waals surface area contributed by atoms with E-state index in [0.717, 1.165) is 5.56 Å². The molecule has 3 heteroatoms. The summed E-state index contributed by atoms with van der Waals surface area (Å²) in [5.41, 5.74) is 1.26. The van der Waals surface area contributed by atoms with Crippen molar-refractivity contribution in [2.45, 2.75) is 26.4 Å². The number of hydrogen-bond donors (Lipinski definition) is 1. The molecule has 1 N–H and O–H groups in total. The topological polar surface area (TPSA) is 40.5 Å². The van der Waals surface area contributed by atoms with E-state index < -0.39 is 5.97 Å². The summed E-state index contributed by atoms with van der Waals surface area (Å²) in [6.45, 7) is 4.84. The van der Waals surface area contributed by atoms with Crippen molar-refractivity contribution in [1.82, 2.24) is 4.90 Å². The average molecular weight is 207 g/mol. The van der Waals surface area contributed by atoms with Crippen LogP contribution in [0.5, 0.6) is 0 Å². The van der Waals surface area contributed by atoms with E-state index in [4.69, 9.17) is 5.11 Å². The number of carboxylic acids is 1. The van der Waals surface area contributed by atoms with E-state index in [2.05, 4.69) is 18.7 Å². The standard InChI is InChI=1S/C12H17NO2/c1-9(2)13(3)8-10-6-4-5-7-11(10)12(14)15/h4-7,9H,8H2,1-3H3,(H,14,15). The highest BCUT2D eigenvalue weighted by Gasteiger charge is 2.11. The van der Waals surface area contributed by atoms with Gasteiger partial charge in [0.15, 0.2) is 0 Å². The maximum absolute atomic E-state index is 11.0. The van der Waals surface area contributed by atoms with E-state index in [-0.39, 0.29) is 0 Å². The highest BCUT2D eigenvalue weighted by molar-refractivity contribution is 5.89. The second kappa shape index (κ2) is 4.94. The molecule has 1 rings (SSSR count). The van der Waals surface area contributed by atoms with E-state index in [0.29, 0.717) is 18.2 Å². The molecule has 3 nitrogen and oxygen atoms in total. The Labute approximate surface area is 90.3 Å². The zero-order valence-electron chi connectivity index (χ0n) is 9.40. The molecule has 0 aliphatic rings. The molecule has 0 bridgehead atoms. The third-order valence-corrected chi connectivity index (χ3v) is 2.55. The van der Waals surface area contributed by atoms with Crippen LogP contribution in [0.3, 0.4) is 0 Å². The van der Waals surface area contributed by atoms with Crippen molar-refractivity contribution in [3.05, 3.63) is 35.4 Å². The Morgan fingerprint density at radius 2 is 2.00 bits per heavy atom. The smallest absolute Gasteiger partial charge is 0.336 e. The molecule has 0 spiro atoms. The van der Waals surface area contributed by atoms with Crippen LogP contribution >= 0.6 is 0 Å². The van der Waals surface area contributed by atoms with E-state index in [1.165, 1.54) is 0 Å². The van der Waals surface area contributed by atoms with Crippen molar-refractivity contribution < 1.29 is 9.90 Å². The average Bonchev–Trinajstić information content (AvgIpc) is 2.18. The van der Waals surface area contributed by atoms with Crippen LogP contribution < -0.4 is 0 Å².